The first kappa shape index (κ1) is 21.9. The number of phenolic OH excluding ortho intramolecular Hbond substituents is 1. The number of ether oxygens (including phenoxy) is 1. The van der Waals surface area contributed by atoms with E-state index in [2.05, 4.69) is 60.6 Å². The van der Waals surface area contributed by atoms with Gasteiger partial charge in [-0.15, -0.1) is 0 Å². The molecule has 0 bridgehead atoms. The normalized spacial score (nSPS) is 19.6. The van der Waals surface area contributed by atoms with E-state index in [0.717, 1.165) is 49.3 Å². The van der Waals surface area contributed by atoms with E-state index in [-0.39, 0.29) is 11.0 Å². The molecule has 1 N–H and O–H groups in total. The lowest BCUT2D eigenvalue weighted by molar-refractivity contribution is 0.0561. The summed E-state index contributed by atoms with van der Waals surface area (Å²) in [6.07, 6.45) is 9.78. The van der Waals surface area contributed by atoms with Crippen LogP contribution in [-0.2, 0) is 11.8 Å². The first-order valence-electron chi connectivity index (χ1n) is 10.7. The van der Waals surface area contributed by atoms with Crippen LogP contribution in [0.3, 0.4) is 0 Å². The van der Waals surface area contributed by atoms with E-state index in [1.54, 1.807) is 0 Å². The maximum absolute atomic E-state index is 10.6. The number of rotatable bonds is 8. The molecule has 0 spiro atoms. The molecule has 0 aromatic heterocycles. The number of aromatic hydroxyl groups is 1. The summed E-state index contributed by atoms with van der Waals surface area (Å²) < 4.78 is 6.47. The Hall–Kier alpha value is -1.44. The second-order valence-corrected chi connectivity index (χ2v) is 10.0. The van der Waals surface area contributed by atoms with Crippen molar-refractivity contribution in [2.45, 2.75) is 104 Å². The predicted octanol–water partition coefficient (Wildman–Crippen LogP) is 7.33. The van der Waals surface area contributed by atoms with E-state index in [1.165, 1.54) is 24.0 Å². The highest BCUT2D eigenvalue weighted by Crippen LogP contribution is 2.43. The third-order valence-electron chi connectivity index (χ3n) is 6.04. The molecule has 27 heavy (non-hydrogen) atoms. The van der Waals surface area contributed by atoms with Crippen LogP contribution in [-0.4, -0.2) is 10.7 Å². The quantitative estimate of drug-likeness (QED) is 0.484. The minimum atomic E-state index is -0.147. The molecular weight excluding hydrogens is 332 g/mol. The second-order valence-electron chi connectivity index (χ2n) is 10.0. The Morgan fingerprint density at radius 1 is 1.30 bits per heavy atom. The van der Waals surface area contributed by atoms with Crippen LogP contribution in [0, 0.1) is 5.92 Å². The summed E-state index contributed by atoms with van der Waals surface area (Å²) >= 11 is 0. The van der Waals surface area contributed by atoms with Crippen LogP contribution in [0.2, 0.25) is 0 Å². The van der Waals surface area contributed by atoms with Crippen LogP contribution < -0.4 is 4.74 Å². The van der Waals surface area contributed by atoms with Crippen LogP contribution in [0.1, 0.15) is 98.1 Å². The molecule has 1 heterocycles. The third-order valence-corrected chi connectivity index (χ3v) is 6.04. The Bertz CT molecular complexity index is 665. The fourth-order valence-corrected chi connectivity index (χ4v) is 4.01. The van der Waals surface area contributed by atoms with Crippen LogP contribution in [0.15, 0.2) is 23.8 Å². The zero-order chi connectivity index (χ0) is 20.2. The second kappa shape index (κ2) is 8.71. The van der Waals surface area contributed by atoms with Gasteiger partial charge in [-0.1, -0.05) is 52.2 Å². The maximum atomic E-state index is 10.6. The van der Waals surface area contributed by atoms with Gasteiger partial charge in [0.25, 0.3) is 0 Å². The summed E-state index contributed by atoms with van der Waals surface area (Å²) in [4.78, 5) is 0. The zero-order valence-corrected chi connectivity index (χ0v) is 18.6. The Morgan fingerprint density at radius 3 is 2.63 bits per heavy atom. The van der Waals surface area contributed by atoms with Gasteiger partial charge in [0.15, 0.2) is 0 Å². The van der Waals surface area contributed by atoms with Gasteiger partial charge in [0.2, 0.25) is 0 Å². The average molecular weight is 373 g/mol. The Balaban J connectivity index is 2.18. The Labute approximate surface area is 167 Å². The fourth-order valence-electron chi connectivity index (χ4n) is 4.01. The highest BCUT2D eigenvalue weighted by molar-refractivity contribution is 5.50. The number of allylic oxidation sites excluding steroid dienone is 2. The molecule has 0 saturated carbocycles. The van der Waals surface area contributed by atoms with Crippen LogP contribution in [0.25, 0.3) is 0 Å². The molecule has 2 nitrogen and oxygen atoms in total. The Kier molecular flexibility index (Phi) is 7.05. The lowest BCUT2D eigenvalue weighted by atomic mass is 9.78. The smallest absolute Gasteiger partial charge is 0.127 e. The summed E-state index contributed by atoms with van der Waals surface area (Å²) in [5, 5.41) is 10.6. The van der Waals surface area contributed by atoms with Crippen LogP contribution >= 0.6 is 0 Å². The topological polar surface area (TPSA) is 29.5 Å². The summed E-state index contributed by atoms with van der Waals surface area (Å²) in [6.45, 7) is 15.6. The van der Waals surface area contributed by atoms with Gasteiger partial charge in [0.05, 0.1) is 0 Å². The number of hydrogen-bond acceptors (Lipinski definition) is 2. The molecule has 1 aromatic carbocycles. The summed E-state index contributed by atoms with van der Waals surface area (Å²) in [5.41, 5.74) is 3.43. The monoisotopic (exact) mass is 372 g/mol. The van der Waals surface area contributed by atoms with Gasteiger partial charge in [-0.25, -0.2) is 0 Å². The van der Waals surface area contributed by atoms with E-state index in [4.69, 9.17) is 4.74 Å². The van der Waals surface area contributed by atoms with E-state index >= 15 is 0 Å². The van der Waals surface area contributed by atoms with Crippen molar-refractivity contribution in [3.05, 3.63) is 34.9 Å². The zero-order valence-electron chi connectivity index (χ0n) is 18.6. The number of benzene rings is 1. The van der Waals surface area contributed by atoms with Gasteiger partial charge in [0.1, 0.15) is 17.1 Å². The molecule has 1 aliphatic heterocycles. The molecule has 2 heteroatoms. The highest BCUT2D eigenvalue weighted by Gasteiger charge is 2.33. The molecule has 1 aliphatic rings. The van der Waals surface area contributed by atoms with E-state index in [9.17, 15) is 5.11 Å². The van der Waals surface area contributed by atoms with E-state index in [1.807, 2.05) is 6.07 Å². The summed E-state index contributed by atoms with van der Waals surface area (Å²) in [6, 6.07) is 4.17. The standard InChI is InChI=1S/C25H40O2/c1-18(2)10-8-13-24(5,6)20-16-22(26)21-12-15-25(7,27-23(21)17-20)14-9-11-19(3)4/h11,16-18,26H,8-10,12-15H2,1-7H3. The molecule has 0 saturated heterocycles. The molecule has 1 aromatic rings. The lowest BCUT2D eigenvalue weighted by Gasteiger charge is -2.37. The summed E-state index contributed by atoms with van der Waals surface area (Å²) in [7, 11) is 0. The molecule has 152 valence electrons. The largest absolute Gasteiger partial charge is 0.508 e. The maximum Gasteiger partial charge on any atom is 0.127 e. The minimum Gasteiger partial charge on any atom is -0.508 e. The molecule has 1 atom stereocenters. The average Bonchev–Trinajstić information content (AvgIpc) is 2.53. The van der Waals surface area contributed by atoms with Gasteiger partial charge < -0.3 is 9.84 Å². The molecular formula is C25H40O2. The highest BCUT2D eigenvalue weighted by atomic mass is 16.5. The molecule has 0 fully saturated rings. The van der Waals surface area contributed by atoms with Gasteiger partial charge in [0, 0.05) is 5.56 Å². The van der Waals surface area contributed by atoms with Crippen LogP contribution in [0.5, 0.6) is 11.5 Å². The predicted molar refractivity (Wildman–Crippen MR) is 116 cm³/mol. The molecule has 1 unspecified atom stereocenters. The first-order chi connectivity index (χ1) is 12.5. The van der Waals surface area contributed by atoms with Crippen molar-refractivity contribution in [3.63, 3.8) is 0 Å². The third kappa shape index (κ3) is 6.02. The first-order valence-corrected chi connectivity index (χ1v) is 10.7. The molecule has 0 aliphatic carbocycles. The summed E-state index contributed by atoms with van der Waals surface area (Å²) in [5.74, 6) is 2.04. The van der Waals surface area contributed by atoms with Crippen molar-refractivity contribution >= 4 is 0 Å². The van der Waals surface area contributed by atoms with Gasteiger partial charge >= 0.3 is 0 Å². The molecule has 0 radical (unpaired) electrons. The number of fused-ring (bicyclic) bond motifs is 1. The SMILES string of the molecule is CC(C)=CCCC1(C)CCc2c(O)cc(C(C)(C)CCCC(C)C)cc2O1. The van der Waals surface area contributed by atoms with E-state index in [0.29, 0.717) is 5.75 Å². The van der Waals surface area contributed by atoms with Crippen molar-refractivity contribution in [2.75, 3.05) is 0 Å². The number of phenols is 1. The van der Waals surface area contributed by atoms with Crippen molar-refractivity contribution < 1.29 is 9.84 Å². The van der Waals surface area contributed by atoms with Crippen molar-refractivity contribution in [1.29, 1.82) is 0 Å². The minimum absolute atomic E-state index is 0.0423. The Morgan fingerprint density at radius 2 is 2.00 bits per heavy atom. The van der Waals surface area contributed by atoms with Crippen molar-refractivity contribution in [3.8, 4) is 11.5 Å². The molecule has 2 rings (SSSR count). The lowest BCUT2D eigenvalue weighted by Crippen LogP contribution is -2.36. The van der Waals surface area contributed by atoms with Gasteiger partial charge in [-0.2, -0.15) is 0 Å². The van der Waals surface area contributed by atoms with Crippen molar-refractivity contribution in [2.24, 2.45) is 5.92 Å². The number of hydrogen-bond donors (Lipinski definition) is 1. The van der Waals surface area contributed by atoms with Gasteiger partial charge in [-0.3, -0.25) is 0 Å². The van der Waals surface area contributed by atoms with E-state index < -0.39 is 0 Å². The molecule has 0 amide bonds. The fraction of sp³-hybridized carbons (Fsp3) is 0.680. The van der Waals surface area contributed by atoms with Gasteiger partial charge in [-0.05, 0) is 81.9 Å². The van der Waals surface area contributed by atoms with Crippen LogP contribution in [0.4, 0.5) is 0 Å². The van der Waals surface area contributed by atoms with Crippen molar-refractivity contribution in [1.82, 2.24) is 0 Å².